The summed E-state index contributed by atoms with van der Waals surface area (Å²) in [6, 6.07) is 6.27. The maximum absolute atomic E-state index is 10.9. The fraction of sp³-hybridized carbons (Fsp3) is 0.588. The Bertz CT molecular complexity index is 564. The third-order valence-electron chi connectivity index (χ3n) is 4.66. The van der Waals surface area contributed by atoms with Crippen LogP contribution in [0.4, 0.5) is 0 Å². The monoisotopic (exact) mass is 271 g/mol. The predicted octanol–water partition coefficient (Wildman–Crippen LogP) is 3.90. The molecule has 0 spiro atoms. The number of para-hydroxylation sites is 1. The molecule has 0 bridgehead atoms. The number of aliphatic imine (C=N–C) groups is 1. The van der Waals surface area contributed by atoms with E-state index in [9.17, 15) is 4.79 Å². The van der Waals surface area contributed by atoms with Crippen LogP contribution in [-0.2, 0) is 16.8 Å². The number of ether oxygens (including phenoxy) is 1. The first kappa shape index (κ1) is 13.4. The van der Waals surface area contributed by atoms with Crippen LogP contribution in [0.5, 0.6) is 5.75 Å². The minimum absolute atomic E-state index is 0.145. The number of rotatable bonds is 2. The molecular formula is C17H21NO2. The van der Waals surface area contributed by atoms with Gasteiger partial charge in [0, 0.05) is 5.56 Å². The van der Waals surface area contributed by atoms with E-state index in [1.165, 1.54) is 5.56 Å². The summed E-state index contributed by atoms with van der Waals surface area (Å²) in [4.78, 5) is 15.1. The van der Waals surface area contributed by atoms with Gasteiger partial charge in [-0.1, -0.05) is 31.0 Å². The Labute approximate surface area is 120 Å². The first-order valence-electron chi connectivity index (χ1n) is 7.47. The van der Waals surface area contributed by atoms with Crippen molar-refractivity contribution in [2.24, 2.45) is 4.99 Å². The maximum Gasteiger partial charge on any atom is 0.235 e. The number of carbonyl (C=O) groups excluding carboxylic acids is 1. The molecule has 3 heteroatoms. The number of hydrogen-bond acceptors (Lipinski definition) is 3. The van der Waals surface area contributed by atoms with Gasteiger partial charge in [-0.05, 0) is 45.1 Å². The predicted molar refractivity (Wildman–Crippen MR) is 77.7 cm³/mol. The van der Waals surface area contributed by atoms with E-state index in [1.807, 2.05) is 0 Å². The molecule has 106 valence electrons. The molecular weight excluding hydrogens is 250 g/mol. The lowest BCUT2D eigenvalue weighted by Gasteiger charge is -2.36. The van der Waals surface area contributed by atoms with Gasteiger partial charge in [-0.3, -0.25) is 0 Å². The number of nitrogens with zero attached hydrogens (tertiary/aromatic N) is 1. The Hall–Kier alpha value is -1.60. The number of benzene rings is 1. The lowest BCUT2D eigenvalue weighted by molar-refractivity contribution is 0.0814. The fourth-order valence-corrected chi connectivity index (χ4v) is 3.52. The largest absolute Gasteiger partial charge is 0.487 e. The Morgan fingerprint density at radius 2 is 1.95 bits per heavy atom. The van der Waals surface area contributed by atoms with Gasteiger partial charge in [-0.15, -0.1) is 0 Å². The number of isocyanates is 1. The SMILES string of the molecule is CC1(C)CCc2cccc(C3(N=C=O)CCCC3)c2O1. The van der Waals surface area contributed by atoms with Crippen LogP contribution < -0.4 is 4.74 Å². The Balaban J connectivity index is 2.13. The normalized spacial score (nSPS) is 22.5. The van der Waals surface area contributed by atoms with Gasteiger partial charge in [0.25, 0.3) is 0 Å². The molecule has 3 nitrogen and oxygen atoms in total. The summed E-state index contributed by atoms with van der Waals surface area (Å²) in [5.41, 5.74) is 1.78. The zero-order valence-corrected chi connectivity index (χ0v) is 12.2. The van der Waals surface area contributed by atoms with Crippen molar-refractivity contribution in [2.75, 3.05) is 0 Å². The lowest BCUT2D eigenvalue weighted by atomic mass is 9.84. The Morgan fingerprint density at radius 3 is 2.65 bits per heavy atom. The molecule has 0 aromatic heterocycles. The van der Waals surface area contributed by atoms with E-state index in [1.54, 1.807) is 6.08 Å². The molecule has 0 N–H and O–H groups in total. The molecule has 2 aliphatic rings. The van der Waals surface area contributed by atoms with E-state index in [4.69, 9.17) is 4.74 Å². The summed E-state index contributed by atoms with van der Waals surface area (Å²) in [7, 11) is 0. The molecule has 1 aliphatic carbocycles. The first-order valence-corrected chi connectivity index (χ1v) is 7.47. The summed E-state index contributed by atoms with van der Waals surface area (Å²) in [6.45, 7) is 4.24. The molecule has 0 saturated heterocycles. The molecule has 1 heterocycles. The number of fused-ring (bicyclic) bond motifs is 1. The van der Waals surface area contributed by atoms with Crippen molar-refractivity contribution in [1.29, 1.82) is 0 Å². The lowest BCUT2D eigenvalue weighted by Crippen LogP contribution is -2.34. The van der Waals surface area contributed by atoms with E-state index in [0.29, 0.717) is 0 Å². The van der Waals surface area contributed by atoms with Crippen LogP contribution in [0.1, 0.15) is 57.1 Å². The number of aryl methyl sites for hydroxylation is 1. The zero-order valence-electron chi connectivity index (χ0n) is 12.2. The standard InChI is InChI=1S/C17H21NO2/c1-16(2)11-8-13-6-5-7-14(15(13)20-16)17(18-12-19)9-3-4-10-17/h5-7H,3-4,8-11H2,1-2H3. The fourth-order valence-electron chi connectivity index (χ4n) is 3.52. The van der Waals surface area contributed by atoms with Gasteiger partial charge >= 0.3 is 0 Å². The van der Waals surface area contributed by atoms with Crippen molar-refractivity contribution in [2.45, 2.75) is 63.5 Å². The van der Waals surface area contributed by atoms with Gasteiger partial charge in [-0.25, -0.2) is 4.79 Å². The Kier molecular flexibility index (Phi) is 3.18. The second kappa shape index (κ2) is 4.75. The maximum atomic E-state index is 10.9. The minimum Gasteiger partial charge on any atom is -0.487 e. The van der Waals surface area contributed by atoms with E-state index < -0.39 is 5.54 Å². The quantitative estimate of drug-likeness (QED) is 0.604. The van der Waals surface area contributed by atoms with Crippen LogP contribution in [0.25, 0.3) is 0 Å². The summed E-state index contributed by atoms with van der Waals surface area (Å²) in [5.74, 6) is 0.963. The van der Waals surface area contributed by atoms with Crippen LogP contribution >= 0.6 is 0 Å². The zero-order chi connectivity index (χ0) is 14.2. The summed E-state index contributed by atoms with van der Waals surface area (Å²) in [5, 5.41) is 0. The van der Waals surface area contributed by atoms with E-state index >= 15 is 0 Å². The highest BCUT2D eigenvalue weighted by Gasteiger charge is 2.40. The van der Waals surface area contributed by atoms with E-state index in [2.05, 4.69) is 37.0 Å². The molecule has 1 fully saturated rings. The van der Waals surface area contributed by atoms with Gasteiger partial charge in [0.2, 0.25) is 6.08 Å². The van der Waals surface area contributed by atoms with Gasteiger partial charge in [0.1, 0.15) is 16.9 Å². The second-order valence-electron chi connectivity index (χ2n) is 6.60. The summed E-state index contributed by atoms with van der Waals surface area (Å²) < 4.78 is 6.24. The smallest absolute Gasteiger partial charge is 0.235 e. The first-order chi connectivity index (χ1) is 9.56. The van der Waals surface area contributed by atoms with Gasteiger partial charge in [0.05, 0.1) is 0 Å². The highest BCUT2D eigenvalue weighted by atomic mass is 16.5. The highest BCUT2D eigenvalue weighted by molar-refractivity contribution is 5.50. The third kappa shape index (κ3) is 2.16. The van der Waals surface area contributed by atoms with Gasteiger partial charge in [0.15, 0.2) is 0 Å². The molecule has 0 unspecified atom stereocenters. The molecule has 1 aliphatic heterocycles. The average Bonchev–Trinajstić information content (AvgIpc) is 2.87. The molecule has 1 saturated carbocycles. The van der Waals surface area contributed by atoms with Crippen molar-refractivity contribution in [3.05, 3.63) is 29.3 Å². The van der Waals surface area contributed by atoms with Crippen LogP contribution in [0, 0.1) is 0 Å². The molecule has 0 amide bonds. The van der Waals surface area contributed by atoms with Crippen LogP contribution in [0.2, 0.25) is 0 Å². The van der Waals surface area contributed by atoms with Crippen LogP contribution in [0.15, 0.2) is 23.2 Å². The molecule has 0 radical (unpaired) electrons. The summed E-state index contributed by atoms with van der Waals surface area (Å²) >= 11 is 0. The minimum atomic E-state index is -0.402. The Morgan fingerprint density at radius 1 is 1.20 bits per heavy atom. The van der Waals surface area contributed by atoms with E-state index in [0.717, 1.165) is 49.8 Å². The van der Waals surface area contributed by atoms with E-state index in [-0.39, 0.29) is 5.60 Å². The van der Waals surface area contributed by atoms with Crippen molar-refractivity contribution >= 4 is 6.08 Å². The van der Waals surface area contributed by atoms with Crippen molar-refractivity contribution in [3.63, 3.8) is 0 Å². The van der Waals surface area contributed by atoms with Crippen molar-refractivity contribution in [3.8, 4) is 5.75 Å². The molecule has 20 heavy (non-hydrogen) atoms. The van der Waals surface area contributed by atoms with Crippen LogP contribution in [-0.4, -0.2) is 11.7 Å². The molecule has 1 aromatic carbocycles. The summed E-state index contributed by atoms with van der Waals surface area (Å²) in [6.07, 6.45) is 7.90. The average molecular weight is 271 g/mol. The van der Waals surface area contributed by atoms with Gasteiger partial charge in [-0.2, -0.15) is 4.99 Å². The van der Waals surface area contributed by atoms with Crippen LogP contribution in [0.3, 0.4) is 0 Å². The number of hydrogen-bond donors (Lipinski definition) is 0. The molecule has 1 aromatic rings. The van der Waals surface area contributed by atoms with Gasteiger partial charge < -0.3 is 4.74 Å². The molecule has 3 rings (SSSR count). The highest BCUT2D eigenvalue weighted by Crippen LogP contribution is 2.48. The molecule has 0 atom stereocenters. The van der Waals surface area contributed by atoms with Crippen molar-refractivity contribution < 1.29 is 9.53 Å². The third-order valence-corrected chi connectivity index (χ3v) is 4.66. The van der Waals surface area contributed by atoms with Crippen molar-refractivity contribution in [1.82, 2.24) is 0 Å². The second-order valence-corrected chi connectivity index (χ2v) is 6.60. The topological polar surface area (TPSA) is 38.7 Å².